The van der Waals surface area contributed by atoms with Crippen molar-refractivity contribution < 1.29 is 13.7 Å². The van der Waals surface area contributed by atoms with Gasteiger partial charge in [0.25, 0.3) is 0 Å². The minimum atomic E-state index is -1.11. The zero-order valence-corrected chi connectivity index (χ0v) is 16.8. The predicted octanol–water partition coefficient (Wildman–Crippen LogP) is -0.702. The van der Waals surface area contributed by atoms with Crippen molar-refractivity contribution in [2.75, 3.05) is 18.9 Å². The molecule has 168 valence electrons. The highest BCUT2D eigenvalue weighted by Gasteiger charge is 2.43. The number of rotatable bonds is 5. The topological polar surface area (TPSA) is 167 Å². The van der Waals surface area contributed by atoms with Gasteiger partial charge in [0, 0.05) is 30.7 Å². The first-order valence-electron chi connectivity index (χ1n) is 9.97. The van der Waals surface area contributed by atoms with Gasteiger partial charge in [-0.2, -0.15) is 9.07 Å². The largest absolute Gasteiger partial charge is 0.352 e. The molecule has 2 amide bonds. The van der Waals surface area contributed by atoms with E-state index in [1.165, 1.54) is 11.5 Å². The molecule has 7 N–H and O–H groups in total. The zero-order valence-electron chi connectivity index (χ0n) is 16.8. The Kier molecular flexibility index (Phi) is 5.17. The van der Waals surface area contributed by atoms with E-state index >= 15 is 4.39 Å². The first-order chi connectivity index (χ1) is 14.6. The average Bonchev–Trinajstić information content (AvgIpc) is 3.48. The van der Waals surface area contributed by atoms with Gasteiger partial charge in [-0.25, -0.2) is 14.6 Å². The Labute approximate surface area is 174 Å². The summed E-state index contributed by atoms with van der Waals surface area (Å²) >= 11 is 0. The number of hydrogen-bond donors (Lipinski definition) is 4. The molecule has 4 rings (SSSR count). The third-order valence-corrected chi connectivity index (χ3v) is 6.14. The molecule has 1 aliphatic carbocycles. The first-order valence-corrected chi connectivity index (χ1v) is 9.97. The van der Waals surface area contributed by atoms with Gasteiger partial charge in [0.2, 0.25) is 5.95 Å². The van der Waals surface area contributed by atoms with Gasteiger partial charge in [-0.05, 0) is 37.7 Å². The monoisotopic (exact) mass is 438 g/mol. The molecule has 13 heteroatoms. The van der Waals surface area contributed by atoms with Crippen molar-refractivity contribution in [2.24, 2.45) is 17.4 Å². The lowest BCUT2D eigenvalue weighted by molar-refractivity contribution is -0.00419. The highest BCUT2D eigenvalue weighted by molar-refractivity contribution is 5.79. The van der Waals surface area contributed by atoms with Crippen LogP contribution in [0, 0.1) is 18.8 Å². The molecule has 3 atom stereocenters. The minimum absolute atomic E-state index is 0.00362. The second kappa shape index (κ2) is 7.57. The number of carbonyl (C=O) groups excluding carboxylic acids is 1. The Morgan fingerprint density at radius 1 is 1.32 bits per heavy atom. The normalized spacial score (nSPS) is 22.7. The fourth-order valence-corrected chi connectivity index (χ4v) is 4.49. The molecule has 2 aromatic heterocycles. The fourth-order valence-electron chi connectivity index (χ4n) is 4.49. The van der Waals surface area contributed by atoms with Crippen LogP contribution < -0.4 is 33.9 Å². The standard InChI is InChI=1S/C18H24F2N8O3/c1-7-11(14-9(4-5-26(14)20)10(21)6-24-17(22)30)15(19)25-12-13(7)27(8-2-3-8)18(31)28(23)16(12)29/h8-10,14H,2-6,21,23H2,1H3,(H3,22,24,30). The highest BCUT2D eigenvalue weighted by atomic mass is 19.2. The third-order valence-electron chi connectivity index (χ3n) is 6.14. The summed E-state index contributed by atoms with van der Waals surface area (Å²) in [5.41, 5.74) is 9.61. The Balaban J connectivity index is 1.90. The van der Waals surface area contributed by atoms with Gasteiger partial charge < -0.3 is 22.6 Å². The summed E-state index contributed by atoms with van der Waals surface area (Å²) in [5, 5.41) is 2.85. The molecule has 1 saturated carbocycles. The van der Waals surface area contributed by atoms with Crippen LogP contribution in [0.1, 0.15) is 42.5 Å². The summed E-state index contributed by atoms with van der Waals surface area (Å²) in [5.74, 6) is 4.00. The van der Waals surface area contributed by atoms with Gasteiger partial charge in [0.05, 0.1) is 11.6 Å². The number of pyridine rings is 1. The molecule has 0 radical (unpaired) electrons. The number of nitrogen functional groups attached to an aromatic ring is 1. The zero-order chi connectivity index (χ0) is 22.6. The number of urea groups is 1. The third kappa shape index (κ3) is 3.43. The summed E-state index contributed by atoms with van der Waals surface area (Å²) in [6.07, 6.45) is 1.70. The van der Waals surface area contributed by atoms with E-state index in [0.29, 0.717) is 29.1 Å². The van der Waals surface area contributed by atoms with Gasteiger partial charge in [-0.15, -0.1) is 9.60 Å². The smallest absolute Gasteiger partial charge is 0.350 e. The number of nitrogens with zero attached hydrogens (tertiary/aromatic N) is 4. The Morgan fingerprint density at radius 3 is 2.61 bits per heavy atom. The van der Waals surface area contributed by atoms with Crippen LogP contribution in [0.4, 0.5) is 13.7 Å². The predicted molar refractivity (Wildman–Crippen MR) is 108 cm³/mol. The second-order valence-electron chi connectivity index (χ2n) is 8.13. The van der Waals surface area contributed by atoms with E-state index in [-0.39, 0.29) is 41.3 Å². The van der Waals surface area contributed by atoms with Gasteiger partial charge in [-0.1, -0.05) is 0 Å². The van der Waals surface area contributed by atoms with E-state index in [4.69, 9.17) is 17.3 Å². The molecule has 1 saturated heterocycles. The van der Waals surface area contributed by atoms with Crippen molar-refractivity contribution in [3.05, 3.63) is 37.9 Å². The van der Waals surface area contributed by atoms with Crippen LogP contribution in [0.2, 0.25) is 0 Å². The summed E-state index contributed by atoms with van der Waals surface area (Å²) < 4.78 is 31.8. The van der Waals surface area contributed by atoms with Crippen LogP contribution in [0.3, 0.4) is 0 Å². The molecule has 0 bridgehead atoms. The first kappa shape index (κ1) is 21.2. The molecule has 11 nitrogen and oxygen atoms in total. The van der Waals surface area contributed by atoms with E-state index in [9.17, 15) is 18.9 Å². The number of carbonyl (C=O) groups is 1. The number of hydrogen-bond acceptors (Lipinski definition) is 7. The van der Waals surface area contributed by atoms with E-state index in [1.54, 1.807) is 0 Å². The van der Waals surface area contributed by atoms with E-state index in [2.05, 4.69) is 10.3 Å². The molecule has 0 spiro atoms. The van der Waals surface area contributed by atoms with Gasteiger partial charge in [0.15, 0.2) is 5.52 Å². The lowest BCUT2D eigenvalue weighted by atomic mass is 9.86. The number of aromatic nitrogens is 3. The van der Waals surface area contributed by atoms with E-state index in [1.807, 2.05) is 0 Å². The lowest BCUT2D eigenvalue weighted by Crippen LogP contribution is -2.46. The Hall–Kier alpha value is -3.06. The van der Waals surface area contributed by atoms with Crippen LogP contribution >= 0.6 is 0 Å². The average molecular weight is 438 g/mol. The van der Waals surface area contributed by atoms with Crippen LogP contribution in [-0.4, -0.2) is 44.5 Å². The lowest BCUT2D eigenvalue weighted by Gasteiger charge is -2.29. The highest BCUT2D eigenvalue weighted by Crippen LogP contribution is 2.43. The molecule has 1 aliphatic heterocycles. The number of halogens is 2. The molecule has 3 unspecified atom stereocenters. The number of amides is 2. The van der Waals surface area contributed by atoms with Crippen molar-refractivity contribution in [2.45, 2.75) is 44.3 Å². The molecular weight excluding hydrogens is 414 g/mol. The summed E-state index contributed by atoms with van der Waals surface area (Å²) in [6, 6.07) is -2.78. The summed E-state index contributed by atoms with van der Waals surface area (Å²) in [4.78, 5) is 40.0. The van der Waals surface area contributed by atoms with Crippen molar-refractivity contribution in [3.8, 4) is 0 Å². The van der Waals surface area contributed by atoms with Gasteiger partial charge >= 0.3 is 17.3 Å². The van der Waals surface area contributed by atoms with Crippen molar-refractivity contribution in [1.82, 2.24) is 24.7 Å². The number of fused-ring (bicyclic) bond motifs is 1. The van der Waals surface area contributed by atoms with Crippen molar-refractivity contribution in [1.29, 1.82) is 0 Å². The maximum Gasteiger partial charge on any atom is 0.350 e. The van der Waals surface area contributed by atoms with Crippen LogP contribution in [0.25, 0.3) is 11.0 Å². The number of aryl methyl sites for hydroxylation is 1. The van der Waals surface area contributed by atoms with Crippen LogP contribution in [-0.2, 0) is 0 Å². The van der Waals surface area contributed by atoms with E-state index in [0.717, 1.165) is 0 Å². The SMILES string of the molecule is Cc1c(C2C(C(N)CNC(N)=O)CCN2F)c(F)nc2c(=O)n(N)c(=O)n(C3CC3)c12. The van der Waals surface area contributed by atoms with Crippen molar-refractivity contribution in [3.63, 3.8) is 0 Å². The maximum absolute atomic E-state index is 15.2. The molecule has 2 fully saturated rings. The number of nitrogens with one attached hydrogen (secondary N) is 1. The van der Waals surface area contributed by atoms with Crippen LogP contribution in [0.15, 0.2) is 9.59 Å². The van der Waals surface area contributed by atoms with Crippen LogP contribution in [0.5, 0.6) is 0 Å². The quantitative estimate of drug-likeness (QED) is 0.272. The molecule has 2 aromatic rings. The number of nitrogens with two attached hydrogens (primary N) is 3. The molecule has 0 aromatic carbocycles. The van der Waals surface area contributed by atoms with Gasteiger partial charge in [-0.3, -0.25) is 9.36 Å². The molecule has 31 heavy (non-hydrogen) atoms. The van der Waals surface area contributed by atoms with Gasteiger partial charge in [0.1, 0.15) is 0 Å². The fraction of sp³-hybridized carbons (Fsp3) is 0.556. The molecular formula is C18H24F2N8O3. The van der Waals surface area contributed by atoms with E-state index < -0.39 is 41.2 Å². The summed E-state index contributed by atoms with van der Waals surface area (Å²) in [6.45, 7) is 1.50. The maximum atomic E-state index is 15.2. The minimum Gasteiger partial charge on any atom is -0.352 e. The Bertz CT molecular complexity index is 1180. The summed E-state index contributed by atoms with van der Waals surface area (Å²) in [7, 11) is 0. The van der Waals surface area contributed by atoms with Crippen molar-refractivity contribution >= 4 is 17.1 Å². The molecule has 3 heterocycles. The second-order valence-corrected chi connectivity index (χ2v) is 8.13. The Morgan fingerprint density at radius 2 is 2.00 bits per heavy atom. The molecule has 2 aliphatic rings. The number of primary amides is 1.